The van der Waals surface area contributed by atoms with E-state index in [1.165, 1.54) is 0 Å². The van der Waals surface area contributed by atoms with Crippen LogP contribution in [0.2, 0.25) is 5.02 Å². The zero-order valence-electron chi connectivity index (χ0n) is 16.2. The molecule has 6 heteroatoms. The molecule has 1 N–H and O–H groups in total. The monoisotopic (exact) mass is 395 g/mol. The highest BCUT2D eigenvalue weighted by molar-refractivity contribution is 6.34. The number of amides is 2. The van der Waals surface area contributed by atoms with Crippen molar-refractivity contribution >= 4 is 45.7 Å². The van der Waals surface area contributed by atoms with Gasteiger partial charge in [-0.3, -0.25) is 9.59 Å². The Labute approximate surface area is 168 Å². The summed E-state index contributed by atoms with van der Waals surface area (Å²) in [4.78, 5) is 27.5. The van der Waals surface area contributed by atoms with Crippen molar-refractivity contribution in [2.24, 2.45) is 7.05 Å². The van der Waals surface area contributed by atoms with Crippen LogP contribution in [0.3, 0.4) is 0 Å². The molecule has 0 bridgehead atoms. The number of anilines is 2. The Balaban J connectivity index is 1.86. The van der Waals surface area contributed by atoms with Crippen molar-refractivity contribution in [2.45, 2.75) is 26.7 Å². The van der Waals surface area contributed by atoms with E-state index in [0.717, 1.165) is 28.5 Å². The second-order valence-electron chi connectivity index (χ2n) is 7.36. The van der Waals surface area contributed by atoms with Crippen LogP contribution in [0.4, 0.5) is 11.4 Å². The molecule has 3 aromatic rings. The van der Waals surface area contributed by atoms with E-state index in [1.54, 1.807) is 11.0 Å². The Morgan fingerprint density at radius 2 is 1.82 bits per heavy atom. The van der Waals surface area contributed by atoms with Crippen molar-refractivity contribution in [1.29, 1.82) is 0 Å². The minimum atomic E-state index is -0.281. The molecule has 0 saturated carbocycles. The van der Waals surface area contributed by atoms with Gasteiger partial charge >= 0.3 is 0 Å². The summed E-state index contributed by atoms with van der Waals surface area (Å²) in [5, 5.41) is 4.32. The summed E-state index contributed by atoms with van der Waals surface area (Å²) in [6.45, 7) is 4.58. The molecule has 1 aromatic heterocycles. The second-order valence-corrected chi connectivity index (χ2v) is 7.77. The number of nitrogens with zero attached hydrogens (tertiary/aromatic N) is 2. The molecular weight excluding hydrogens is 374 g/mol. The molecule has 28 heavy (non-hydrogen) atoms. The summed E-state index contributed by atoms with van der Waals surface area (Å²) in [7, 11) is 1.85. The minimum Gasteiger partial charge on any atom is -0.338 e. The number of rotatable bonds is 3. The third kappa shape index (κ3) is 3.06. The van der Waals surface area contributed by atoms with Crippen LogP contribution in [0.5, 0.6) is 0 Å². The smallest absolute Gasteiger partial charge is 0.274 e. The van der Waals surface area contributed by atoms with Crippen LogP contribution in [0.25, 0.3) is 10.9 Å². The maximum absolute atomic E-state index is 13.3. The topological polar surface area (TPSA) is 54.3 Å². The summed E-state index contributed by atoms with van der Waals surface area (Å²) in [5.74, 6) is -0.228. The Hall–Kier alpha value is -2.79. The summed E-state index contributed by atoms with van der Waals surface area (Å²) < 4.78 is 1.85. The Bertz CT molecular complexity index is 1120. The first-order valence-corrected chi connectivity index (χ1v) is 9.71. The first kappa shape index (κ1) is 18.6. The van der Waals surface area contributed by atoms with E-state index in [9.17, 15) is 9.59 Å². The van der Waals surface area contributed by atoms with Gasteiger partial charge in [-0.25, -0.2) is 0 Å². The van der Waals surface area contributed by atoms with Crippen LogP contribution in [0.15, 0.2) is 36.4 Å². The number of carbonyl (C=O) groups is 2. The number of hydrogen-bond acceptors (Lipinski definition) is 2. The number of aromatic nitrogens is 1. The van der Waals surface area contributed by atoms with Crippen molar-refractivity contribution in [3.05, 3.63) is 58.2 Å². The van der Waals surface area contributed by atoms with Gasteiger partial charge in [-0.1, -0.05) is 29.3 Å². The van der Waals surface area contributed by atoms with Crippen LogP contribution in [-0.4, -0.2) is 22.9 Å². The van der Waals surface area contributed by atoms with Crippen molar-refractivity contribution in [3.63, 3.8) is 0 Å². The lowest BCUT2D eigenvalue weighted by molar-refractivity contribution is -0.117. The summed E-state index contributed by atoms with van der Waals surface area (Å²) in [5.41, 5.74) is 4.72. The van der Waals surface area contributed by atoms with Crippen molar-refractivity contribution < 1.29 is 9.59 Å². The Kier molecular flexibility index (Phi) is 4.63. The highest BCUT2D eigenvalue weighted by Gasteiger charge is 2.31. The maximum atomic E-state index is 13.3. The summed E-state index contributed by atoms with van der Waals surface area (Å²) >= 11 is 6.30. The molecule has 0 unspecified atom stereocenters. The van der Waals surface area contributed by atoms with Crippen LogP contribution < -0.4 is 10.2 Å². The molecule has 1 aliphatic heterocycles. The fraction of sp³-hybridized carbons (Fsp3) is 0.273. The van der Waals surface area contributed by atoms with Crippen LogP contribution in [-0.2, 0) is 11.8 Å². The molecule has 0 atom stereocenters. The zero-order chi connectivity index (χ0) is 20.0. The van der Waals surface area contributed by atoms with Crippen LogP contribution >= 0.6 is 11.6 Å². The summed E-state index contributed by atoms with van der Waals surface area (Å²) in [6, 6.07) is 11.5. The normalized spacial score (nSPS) is 14.1. The third-order valence-corrected chi connectivity index (χ3v) is 5.57. The standard InChI is InChI=1S/C22H22ClN3O2/c1-13-7-9-18-15(11-13)20(26-10-4-5-19(26)27)21(25(18)3)22(28)24-17-8-6-14(2)12-16(17)23/h6-9,11-12H,4-5,10H2,1-3H3,(H,24,28). The lowest BCUT2D eigenvalue weighted by Gasteiger charge is -2.18. The van der Waals surface area contributed by atoms with Gasteiger partial charge in [0.1, 0.15) is 5.69 Å². The molecule has 2 aromatic carbocycles. The molecule has 5 nitrogen and oxygen atoms in total. The molecule has 0 radical (unpaired) electrons. The average Bonchev–Trinajstić information content (AvgIpc) is 3.18. The molecule has 0 spiro atoms. The number of carbonyl (C=O) groups excluding carboxylic acids is 2. The van der Waals surface area contributed by atoms with E-state index in [1.807, 2.05) is 55.8 Å². The highest BCUT2D eigenvalue weighted by Crippen LogP contribution is 2.37. The van der Waals surface area contributed by atoms with Gasteiger partial charge in [0.05, 0.1) is 21.9 Å². The average molecular weight is 396 g/mol. The van der Waals surface area contributed by atoms with Gasteiger partial charge in [-0.2, -0.15) is 0 Å². The number of nitrogens with one attached hydrogen (secondary N) is 1. The minimum absolute atomic E-state index is 0.0522. The highest BCUT2D eigenvalue weighted by atomic mass is 35.5. The molecule has 144 valence electrons. The van der Waals surface area contributed by atoms with E-state index >= 15 is 0 Å². The van der Waals surface area contributed by atoms with Gasteiger partial charge < -0.3 is 14.8 Å². The predicted octanol–water partition coefficient (Wildman–Crippen LogP) is 4.83. The molecule has 0 aliphatic carbocycles. The van der Waals surface area contributed by atoms with Gasteiger partial charge in [0.25, 0.3) is 5.91 Å². The number of fused-ring (bicyclic) bond motifs is 1. The first-order chi connectivity index (χ1) is 13.4. The van der Waals surface area contributed by atoms with E-state index < -0.39 is 0 Å². The molecule has 2 heterocycles. The summed E-state index contributed by atoms with van der Waals surface area (Å²) in [6.07, 6.45) is 1.30. The largest absolute Gasteiger partial charge is 0.338 e. The van der Waals surface area contributed by atoms with Crippen LogP contribution in [0.1, 0.15) is 34.5 Å². The molecule has 1 saturated heterocycles. The fourth-order valence-electron chi connectivity index (χ4n) is 3.86. The quantitative estimate of drug-likeness (QED) is 0.690. The van der Waals surface area contributed by atoms with Gasteiger partial charge in [0.2, 0.25) is 5.91 Å². The number of hydrogen-bond donors (Lipinski definition) is 1. The molecule has 2 amide bonds. The van der Waals surface area contributed by atoms with Gasteiger partial charge in [-0.05, 0) is 50.1 Å². The van der Waals surface area contributed by atoms with Crippen molar-refractivity contribution in [1.82, 2.24) is 4.57 Å². The molecule has 4 rings (SSSR count). The number of benzene rings is 2. The lowest BCUT2D eigenvalue weighted by Crippen LogP contribution is -2.27. The van der Waals surface area contributed by atoms with Gasteiger partial charge in [0, 0.05) is 25.4 Å². The Morgan fingerprint density at radius 1 is 1.11 bits per heavy atom. The van der Waals surface area contributed by atoms with Crippen LogP contribution in [0, 0.1) is 13.8 Å². The third-order valence-electron chi connectivity index (χ3n) is 5.26. The molecular formula is C22H22ClN3O2. The molecule has 1 aliphatic rings. The fourth-order valence-corrected chi connectivity index (χ4v) is 4.14. The lowest BCUT2D eigenvalue weighted by atomic mass is 10.1. The van der Waals surface area contributed by atoms with E-state index in [0.29, 0.717) is 35.1 Å². The van der Waals surface area contributed by atoms with Gasteiger partial charge in [0.15, 0.2) is 0 Å². The van der Waals surface area contributed by atoms with E-state index in [-0.39, 0.29) is 11.8 Å². The van der Waals surface area contributed by atoms with E-state index in [4.69, 9.17) is 11.6 Å². The second kappa shape index (κ2) is 6.99. The SMILES string of the molecule is Cc1ccc(NC(=O)c2c(N3CCCC3=O)c3cc(C)ccc3n2C)c(Cl)c1. The maximum Gasteiger partial charge on any atom is 0.274 e. The Morgan fingerprint density at radius 3 is 2.50 bits per heavy atom. The van der Waals surface area contributed by atoms with E-state index in [2.05, 4.69) is 5.32 Å². The van der Waals surface area contributed by atoms with Crippen molar-refractivity contribution in [2.75, 3.05) is 16.8 Å². The predicted molar refractivity (Wildman–Crippen MR) is 113 cm³/mol. The van der Waals surface area contributed by atoms with Gasteiger partial charge in [-0.15, -0.1) is 0 Å². The zero-order valence-corrected chi connectivity index (χ0v) is 16.9. The molecule has 1 fully saturated rings. The first-order valence-electron chi connectivity index (χ1n) is 9.33. The number of halogens is 1. The number of aryl methyl sites for hydroxylation is 3. The van der Waals surface area contributed by atoms with Crippen molar-refractivity contribution in [3.8, 4) is 0 Å².